The zero-order valence-electron chi connectivity index (χ0n) is 25.3. The van der Waals surface area contributed by atoms with Crippen LogP contribution in [0.5, 0.6) is 0 Å². The largest absolute Gasteiger partial charge is 0.252 e. The molecule has 9 rings (SSSR count). The molecule has 0 aliphatic heterocycles. The van der Waals surface area contributed by atoms with E-state index >= 15 is 0 Å². The van der Waals surface area contributed by atoms with E-state index in [9.17, 15) is 0 Å². The zero-order chi connectivity index (χ0) is 30.1. The van der Waals surface area contributed by atoms with Crippen LogP contribution in [0.4, 0.5) is 0 Å². The van der Waals surface area contributed by atoms with Gasteiger partial charge >= 0.3 is 0 Å². The van der Waals surface area contributed by atoms with E-state index in [1.807, 2.05) is 30.6 Å². The lowest BCUT2D eigenvalue weighted by molar-refractivity contribution is 0.667. The fourth-order valence-corrected chi connectivity index (χ4v) is 7.62. The number of hydrogen-bond acceptors (Lipinski definition) is 2. The number of aromatic nitrogens is 2. The Kier molecular flexibility index (Phi) is 5.58. The van der Waals surface area contributed by atoms with Crippen LogP contribution in [0.1, 0.15) is 25.0 Å². The number of rotatable bonds is 3. The van der Waals surface area contributed by atoms with Crippen molar-refractivity contribution in [3.63, 3.8) is 0 Å². The second-order valence-electron chi connectivity index (χ2n) is 12.6. The first-order valence-corrected chi connectivity index (χ1v) is 15.6. The summed E-state index contributed by atoms with van der Waals surface area (Å²) in [5.74, 6) is 0. The molecule has 45 heavy (non-hydrogen) atoms. The molecule has 1 aliphatic carbocycles. The van der Waals surface area contributed by atoms with E-state index < -0.39 is 0 Å². The van der Waals surface area contributed by atoms with E-state index in [1.54, 1.807) is 0 Å². The maximum atomic E-state index is 4.75. The van der Waals surface area contributed by atoms with Gasteiger partial charge in [-0.3, -0.25) is 9.97 Å². The lowest BCUT2D eigenvalue weighted by Gasteiger charge is -2.24. The highest BCUT2D eigenvalue weighted by Gasteiger charge is 2.40. The Labute approximate surface area is 262 Å². The van der Waals surface area contributed by atoms with Crippen LogP contribution in [0.2, 0.25) is 0 Å². The Hall–Kier alpha value is -5.60. The van der Waals surface area contributed by atoms with Gasteiger partial charge in [-0.1, -0.05) is 141 Å². The molecule has 2 heteroatoms. The van der Waals surface area contributed by atoms with Crippen LogP contribution in [-0.4, -0.2) is 9.97 Å². The fraction of sp³-hybridized carbons (Fsp3) is 0.0698. The van der Waals surface area contributed by atoms with Crippen LogP contribution < -0.4 is 0 Å². The molecule has 0 spiro atoms. The van der Waals surface area contributed by atoms with Gasteiger partial charge in [-0.05, 0) is 71.8 Å². The Morgan fingerprint density at radius 3 is 1.51 bits per heavy atom. The van der Waals surface area contributed by atoms with Crippen LogP contribution in [0, 0.1) is 0 Å². The molecule has 0 atom stereocenters. The quantitative estimate of drug-likeness (QED) is 0.196. The van der Waals surface area contributed by atoms with Crippen molar-refractivity contribution in [2.75, 3.05) is 0 Å². The van der Waals surface area contributed by atoms with E-state index in [1.165, 1.54) is 65.7 Å². The SMILES string of the molecule is CC1(C)c2cc(-c3ccc(-c4cnc(-c5ccccc5)cn4)cc3)c3ccccc3c2-c2c1c1ccccc1c1ccccc21. The van der Waals surface area contributed by atoms with Gasteiger partial charge in [0.15, 0.2) is 0 Å². The van der Waals surface area contributed by atoms with Gasteiger partial charge in [0.1, 0.15) is 0 Å². The molecule has 0 fully saturated rings. The summed E-state index contributed by atoms with van der Waals surface area (Å²) in [4.78, 5) is 9.46. The van der Waals surface area contributed by atoms with E-state index in [0.29, 0.717) is 0 Å². The van der Waals surface area contributed by atoms with Crippen molar-refractivity contribution in [2.45, 2.75) is 19.3 Å². The smallest absolute Gasteiger partial charge is 0.0885 e. The molecule has 1 heterocycles. The monoisotopic (exact) mass is 574 g/mol. The summed E-state index contributed by atoms with van der Waals surface area (Å²) in [6, 6.07) is 48.3. The molecule has 1 aromatic heterocycles. The first-order valence-electron chi connectivity index (χ1n) is 15.6. The Bertz CT molecular complexity index is 2420. The van der Waals surface area contributed by atoms with E-state index in [2.05, 4.69) is 129 Å². The highest BCUT2D eigenvalue weighted by molar-refractivity contribution is 6.22. The number of benzene rings is 7. The van der Waals surface area contributed by atoms with E-state index in [-0.39, 0.29) is 5.41 Å². The van der Waals surface area contributed by atoms with Crippen molar-refractivity contribution < 1.29 is 0 Å². The molecule has 8 aromatic rings. The minimum Gasteiger partial charge on any atom is -0.252 e. The highest BCUT2D eigenvalue weighted by atomic mass is 14.8. The predicted molar refractivity (Wildman–Crippen MR) is 188 cm³/mol. The molecule has 212 valence electrons. The average molecular weight is 575 g/mol. The topological polar surface area (TPSA) is 25.8 Å². The minimum absolute atomic E-state index is 0.164. The summed E-state index contributed by atoms with van der Waals surface area (Å²) in [6.07, 6.45) is 3.73. The van der Waals surface area contributed by atoms with Gasteiger partial charge in [0.2, 0.25) is 0 Å². The lowest BCUT2D eigenvalue weighted by Crippen LogP contribution is -2.16. The summed E-state index contributed by atoms with van der Waals surface area (Å²) in [6.45, 7) is 4.80. The lowest BCUT2D eigenvalue weighted by atomic mass is 9.78. The molecule has 0 radical (unpaired) electrons. The van der Waals surface area contributed by atoms with Gasteiger partial charge in [0, 0.05) is 16.5 Å². The summed E-state index contributed by atoms with van der Waals surface area (Å²) in [7, 11) is 0. The van der Waals surface area contributed by atoms with Crippen molar-refractivity contribution >= 4 is 32.3 Å². The predicted octanol–water partition coefficient (Wildman–Crippen LogP) is 11.2. The molecule has 0 N–H and O–H groups in total. The van der Waals surface area contributed by atoms with Crippen molar-refractivity contribution in [2.24, 2.45) is 0 Å². The third-order valence-corrected chi connectivity index (χ3v) is 9.74. The molecule has 7 aromatic carbocycles. The Morgan fingerprint density at radius 2 is 0.889 bits per heavy atom. The minimum atomic E-state index is -0.164. The summed E-state index contributed by atoms with van der Waals surface area (Å²) in [5.41, 5.74) is 11.8. The van der Waals surface area contributed by atoms with E-state index in [4.69, 9.17) is 9.97 Å². The van der Waals surface area contributed by atoms with Crippen molar-refractivity contribution in [1.82, 2.24) is 9.97 Å². The van der Waals surface area contributed by atoms with Gasteiger partial charge in [0.25, 0.3) is 0 Å². The number of hydrogen-bond donors (Lipinski definition) is 0. The van der Waals surface area contributed by atoms with Gasteiger partial charge in [0.05, 0.1) is 23.8 Å². The van der Waals surface area contributed by atoms with Crippen LogP contribution in [0.15, 0.2) is 146 Å². The second-order valence-corrected chi connectivity index (χ2v) is 12.6. The second kappa shape index (κ2) is 9.70. The van der Waals surface area contributed by atoms with Crippen LogP contribution in [0.25, 0.3) is 77.1 Å². The maximum absolute atomic E-state index is 4.75. The normalized spacial score (nSPS) is 13.3. The van der Waals surface area contributed by atoms with Gasteiger partial charge in [-0.15, -0.1) is 0 Å². The standard InChI is InChI=1S/C43H30N2/c1-43(2)37-24-36(27-20-22-29(23-21-27)39-26-44-38(25-45-39)28-12-4-3-5-13-28)32-16-7-9-17-33(32)40(37)41-34-18-10-6-14-30(34)31-15-8-11-19-35(31)42(41)43/h3-26H,1-2H3. The molecular formula is C43H30N2. The zero-order valence-corrected chi connectivity index (χ0v) is 25.3. The van der Waals surface area contributed by atoms with Gasteiger partial charge in [-0.25, -0.2) is 0 Å². The molecule has 1 aliphatic rings. The number of nitrogens with zero attached hydrogens (tertiary/aromatic N) is 2. The van der Waals surface area contributed by atoms with Gasteiger partial charge < -0.3 is 0 Å². The van der Waals surface area contributed by atoms with Crippen molar-refractivity contribution in [3.05, 3.63) is 157 Å². The fourth-order valence-electron chi connectivity index (χ4n) is 7.62. The molecule has 2 nitrogen and oxygen atoms in total. The molecule has 0 saturated carbocycles. The summed E-state index contributed by atoms with van der Waals surface area (Å²) in [5, 5.41) is 7.91. The first kappa shape index (κ1) is 25.9. The molecule has 0 saturated heterocycles. The van der Waals surface area contributed by atoms with Crippen LogP contribution >= 0.6 is 0 Å². The van der Waals surface area contributed by atoms with Crippen molar-refractivity contribution in [3.8, 4) is 44.8 Å². The highest BCUT2D eigenvalue weighted by Crippen LogP contribution is 2.57. The van der Waals surface area contributed by atoms with E-state index in [0.717, 1.165) is 22.5 Å². The number of fused-ring (bicyclic) bond motifs is 10. The van der Waals surface area contributed by atoms with Crippen molar-refractivity contribution in [1.29, 1.82) is 0 Å². The summed E-state index contributed by atoms with van der Waals surface area (Å²) < 4.78 is 0. The van der Waals surface area contributed by atoms with Crippen LogP contribution in [0.3, 0.4) is 0 Å². The Balaban J connectivity index is 1.21. The molecule has 0 amide bonds. The van der Waals surface area contributed by atoms with Gasteiger partial charge in [-0.2, -0.15) is 0 Å². The Morgan fingerprint density at radius 1 is 0.422 bits per heavy atom. The molecule has 0 bridgehead atoms. The molecule has 0 unspecified atom stereocenters. The maximum Gasteiger partial charge on any atom is 0.0885 e. The first-order chi connectivity index (χ1) is 22.1. The van der Waals surface area contributed by atoms with Crippen LogP contribution in [-0.2, 0) is 5.41 Å². The average Bonchev–Trinajstić information content (AvgIpc) is 3.35. The molecular weight excluding hydrogens is 544 g/mol. The third-order valence-electron chi connectivity index (χ3n) is 9.74. The summed E-state index contributed by atoms with van der Waals surface area (Å²) >= 11 is 0. The third kappa shape index (κ3) is 3.82.